The standard InChI is InChI=1S/C21H23N5/c1-4-18-25-19-20(26(18)12-13(2)3)16-6-5-15(11-17(16)24-21(19)22)14-7-9-23-10-8-14/h5-11,13H,4,12H2,1-3H3,(H2,22,24). The van der Waals surface area contributed by atoms with Gasteiger partial charge in [-0.3, -0.25) is 4.98 Å². The summed E-state index contributed by atoms with van der Waals surface area (Å²) >= 11 is 0. The van der Waals surface area contributed by atoms with Gasteiger partial charge in [0, 0.05) is 30.7 Å². The van der Waals surface area contributed by atoms with Crippen molar-refractivity contribution in [2.24, 2.45) is 5.92 Å². The fourth-order valence-corrected chi connectivity index (χ4v) is 3.51. The summed E-state index contributed by atoms with van der Waals surface area (Å²) < 4.78 is 2.31. The molecule has 0 unspecified atom stereocenters. The third kappa shape index (κ3) is 2.69. The highest BCUT2D eigenvalue weighted by molar-refractivity contribution is 6.07. The van der Waals surface area contributed by atoms with Crippen LogP contribution in [0.15, 0.2) is 42.7 Å². The van der Waals surface area contributed by atoms with Crippen LogP contribution in [0.25, 0.3) is 33.1 Å². The van der Waals surface area contributed by atoms with Crippen LogP contribution in [0.1, 0.15) is 26.6 Å². The average Bonchev–Trinajstić information content (AvgIpc) is 3.01. The maximum Gasteiger partial charge on any atom is 0.152 e. The number of nitrogens with zero attached hydrogens (tertiary/aromatic N) is 4. The number of rotatable bonds is 4. The van der Waals surface area contributed by atoms with Gasteiger partial charge < -0.3 is 10.3 Å². The molecule has 4 aromatic rings. The van der Waals surface area contributed by atoms with Crippen LogP contribution in [-0.2, 0) is 13.0 Å². The summed E-state index contributed by atoms with van der Waals surface area (Å²) in [6.45, 7) is 7.49. The molecule has 0 aliphatic heterocycles. The first kappa shape index (κ1) is 16.5. The lowest BCUT2D eigenvalue weighted by Gasteiger charge is -2.13. The highest BCUT2D eigenvalue weighted by Gasteiger charge is 2.17. The zero-order valence-corrected chi connectivity index (χ0v) is 15.4. The van der Waals surface area contributed by atoms with Crippen molar-refractivity contribution in [1.82, 2.24) is 19.5 Å². The minimum absolute atomic E-state index is 0.497. The van der Waals surface area contributed by atoms with Gasteiger partial charge >= 0.3 is 0 Å². The van der Waals surface area contributed by atoms with Gasteiger partial charge in [0.25, 0.3) is 0 Å². The number of imidazole rings is 1. The molecule has 0 spiro atoms. The predicted octanol–water partition coefficient (Wildman–Crippen LogP) is 4.45. The molecule has 26 heavy (non-hydrogen) atoms. The summed E-state index contributed by atoms with van der Waals surface area (Å²) in [5, 5.41) is 1.10. The Morgan fingerprint density at radius 1 is 1.04 bits per heavy atom. The lowest BCUT2D eigenvalue weighted by Crippen LogP contribution is -2.08. The van der Waals surface area contributed by atoms with Crippen molar-refractivity contribution in [3.05, 3.63) is 48.5 Å². The fraction of sp³-hybridized carbons (Fsp3) is 0.286. The van der Waals surface area contributed by atoms with Gasteiger partial charge in [0.15, 0.2) is 5.82 Å². The van der Waals surface area contributed by atoms with Crippen LogP contribution < -0.4 is 5.73 Å². The van der Waals surface area contributed by atoms with Crippen LogP contribution in [0.3, 0.4) is 0 Å². The second kappa shape index (κ2) is 6.41. The highest BCUT2D eigenvalue weighted by Crippen LogP contribution is 2.32. The van der Waals surface area contributed by atoms with Crippen LogP contribution in [0, 0.1) is 5.92 Å². The normalized spacial score (nSPS) is 11.7. The molecule has 0 atom stereocenters. The third-order valence-electron chi connectivity index (χ3n) is 4.66. The number of aromatic nitrogens is 4. The van der Waals surface area contributed by atoms with Gasteiger partial charge in [-0.15, -0.1) is 0 Å². The average molecular weight is 345 g/mol. The SMILES string of the molecule is CCc1nc2c(N)nc3cc(-c4ccncc4)ccc3c2n1CC(C)C. The van der Waals surface area contributed by atoms with E-state index in [1.807, 2.05) is 12.1 Å². The monoisotopic (exact) mass is 345 g/mol. The molecule has 3 aromatic heterocycles. The van der Waals surface area contributed by atoms with Gasteiger partial charge in [-0.05, 0) is 35.2 Å². The number of fused-ring (bicyclic) bond motifs is 3. The zero-order chi connectivity index (χ0) is 18.3. The summed E-state index contributed by atoms with van der Waals surface area (Å²) in [5.41, 5.74) is 11.3. The summed E-state index contributed by atoms with van der Waals surface area (Å²) in [4.78, 5) is 13.5. The Kier molecular flexibility index (Phi) is 4.07. The molecule has 1 aromatic carbocycles. The number of benzene rings is 1. The molecule has 0 fully saturated rings. The summed E-state index contributed by atoms with van der Waals surface area (Å²) in [6, 6.07) is 10.4. The van der Waals surface area contributed by atoms with E-state index in [0.717, 1.165) is 51.9 Å². The van der Waals surface area contributed by atoms with Crippen LogP contribution in [0.2, 0.25) is 0 Å². The molecule has 4 rings (SSSR count). The van der Waals surface area contributed by atoms with E-state index in [0.29, 0.717) is 11.7 Å². The van der Waals surface area contributed by atoms with Crippen molar-refractivity contribution in [3.63, 3.8) is 0 Å². The van der Waals surface area contributed by atoms with Gasteiger partial charge in [-0.25, -0.2) is 9.97 Å². The number of nitrogens with two attached hydrogens (primary N) is 1. The molecule has 5 nitrogen and oxygen atoms in total. The molecule has 132 valence electrons. The van der Waals surface area contributed by atoms with Crippen LogP contribution in [-0.4, -0.2) is 19.5 Å². The lowest BCUT2D eigenvalue weighted by atomic mass is 10.0. The molecule has 0 saturated carbocycles. The van der Waals surface area contributed by atoms with Gasteiger partial charge in [-0.1, -0.05) is 32.9 Å². The molecule has 0 saturated heterocycles. The number of aryl methyl sites for hydroxylation is 1. The van der Waals surface area contributed by atoms with Crippen molar-refractivity contribution in [2.45, 2.75) is 33.7 Å². The molecule has 2 N–H and O–H groups in total. The number of hydrogen-bond acceptors (Lipinski definition) is 4. The van der Waals surface area contributed by atoms with E-state index in [9.17, 15) is 0 Å². The smallest absolute Gasteiger partial charge is 0.152 e. The molecule has 0 aliphatic rings. The number of nitrogen functional groups attached to an aromatic ring is 1. The van der Waals surface area contributed by atoms with Gasteiger partial charge in [0.2, 0.25) is 0 Å². The Balaban J connectivity index is 2.01. The van der Waals surface area contributed by atoms with Gasteiger partial charge in [-0.2, -0.15) is 0 Å². The fourth-order valence-electron chi connectivity index (χ4n) is 3.51. The van der Waals surface area contributed by atoms with Crippen molar-refractivity contribution in [1.29, 1.82) is 0 Å². The molecule has 5 heteroatoms. The molecular weight excluding hydrogens is 322 g/mol. The van der Waals surface area contributed by atoms with Crippen LogP contribution in [0.5, 0.6) is 0 Å². The molecule has 0 bridgehead atoms. The Morgan fingerprint density at radius 2 is 1.81 bits per heavy atom. The maximum atomic E-state index is 6.28. The molecule has 3 heterocycles. The summed E-state index contributed by atoms with van der Waals surface area (Å²) in [6.07, 6.45) is 4.48. The number of anilines is 1. The van der Waals surface area contributed by atoms with Crippen LogP contribution >= 0.6 is 0 Å². The van der Waals surface area contributed by atoms with E-state index < -0.39 is 0 Å². The Labute approximate surface area is 152 Å². The van der Waals surface area contributed by atoms with Gasteiger partial charge in [0.05, 0.1) is 11.0 Å². The van der Waals surface area contributed by atoms with E-state index >= 15 is 0 Å². The van der Waals surface area contributed by atoms with E-state index in [4.69, 9.17) is 10.7 Å². The van der Waals surface area contributed by atoms with Crippen molar-refractivity contribution >= 4 is 27.8 Å². The Hall–Kier alpha value is -2.95. The number of pyridine rings is 2. The molecule has 0 radical (unpaired) electrons. The first-order valence-electron chi connectivity index (χ1n) is 9.07. The molecular formula is C21H23N5. The largest absolute Gasteiger partial charge is 0.382 e. The minimum atomic E-state index is 0.497. The highest BCUT2D eigenvalue weighted by atomic mass is 15.1. The van der Waals surface area contributed by atoms with Crippen molar-refractivity contribution in [3.8, 4) is 11.1 Å². The zero-order valence-electron chi connectivity index (χ0n) is 15.4. The van der Waals surface area contributed by atoms with Gasteiger partial charge in [0.1, 0.15) is 11.3 Å². The van der Waals surface area contributed by atoms with E-state index in [1.165, 1.54) is 0 Å². The topological polar surface area (TPSA) is 69.6 Å². The Bertz CT molecular complexity index is 1080. The second-order valence-electron chi connectivity index (χ2n) is 7.05. The van der Waals surface area contributed by atoms with E-state index in [-0.39, 0.29) is 0 Å². The summed E-state index contributed by atoms with van der Waals surface area (Å²) in [5.74, 6) is 2.09. The maximum absolute atomic E-state index is 6.28. The van der Waals surface area contributed by atoms with Crippen molar-refractivity contribution in [2.75, 3.05) is 5.73 Å². The quantitative estimate of drug-likeness (QED) is 0.593. The first-order valence-corrected chi connectivity index (χ1v) is 9.07. The Morgan fingerprint density at radius 3 is 2.50 bits per heavy atom. The van der Waals surface area contributed by atoms with Crippen molar-refractivity contribution < 1.29 is 0 Å². The second-order valence-corrected chi connectivity index (χ2v) is 7.05. The van der Waals surface area contributed by atoms with E-state index in [2.05, 4.69) is 53.5 Å². The molecule has 0 aliphatic carbocycles. The summed E-state index contributed by atoms with van der Waals surface area (Å²) in [7, 11) is 0. The first-order chi connectivity index (χ1) is 12.6. The van der Waals surface area contributed by atoms with E-state index in [1.54, 1.807) is 12.4 Å². The predicted molar refractivity (Wildman–Crippen MR) is 107 cm³/mol. The minimum Gasteiger partial charge on any atom is -0.382 e. The van der Waals surface area contributed by atoms with Crippen LogP contribution in [0.4, 0.5) is 5.82 Å². The third-order valence-corrected chi connectivity index (χ3v) is 4.66. The lowest BCUT2D eigenvalue weighted by molar-refractivity contribution is 0.519. The number of hydrogen-bond donors (Lipinski definition) is 1. The molecule has 0 amide bonds.